The molecule has 5 nitrogen and oxygen atoms in total. The summed E-state index contributed by atoms with van der Waals surface area (Å²) in [7, 11) is -3.69. The molecular formula is C23H21FN2O3S. The number of anilines is 1. The summed E-state index contributed by atoms with van der Waals surface area (Å²) in [5, 5.41) is 2.52. The first-order valence-corrected chi connectivity index (χ1v) is 10.7. The molecule has 154 valence electrons. The zero-order chi connectivity index (χ0) is 21.6. The van der Waals surface area contributed by atoms with Gasteiger partial charge in [-0.25, -0.2) is 12.8 Å². The van der Waals surface area contributed by atoms with Crippen LogP contribution in [0.4, 0.5) is 10.1 Å². The Morgan fingerprint density at radius 2 is 1.60 bits per heavy atom. The predicted molar refractivity (Wildman–Crippen MR) is 115 cm³/mol. The first-order valence-electron chi connectivity index (χ1n) is 9.23. The molecular weight excluding hydrogens is 403 g/mol. The van der Waals surface area contributed by atoms with Gasteiger partial charge in [0, 0.05) is 18.7 Å². The summed E-state index contributed by atoms with van der Waals surface area (Å²) in [5.41, 5.74) is 1.14. The number of para-hydroxylation sites is 1. The fraction of sp³-hybridized carbons (Fsp3) is 0.0870. The van der Waals surface area contributed by atoms with Gasteiger partial charge in [-0.1, -0.05) is 48.5 Å². The van der Waals surface area contributed by atoms with Gasteiger partial charge in [0.05, 0.1) is 10.6 Å². The number of sulfonamides is 1. The number of rotatable bonds is 8. The molecule has 3 aromatic rings. The van der Waals surface area contributed by atoms with Gasteiger partial charge in [0.25, 0.3) is 5.91 Å². The second-order valence-electron chi connectivity index (χ2n) is 6.53. The highest BCUT2D eigenvalue weighted by Crippen LogP contribution is 2.19. The van der Waals surface area contributed by atoms with Gasteiger partial charge in [-0.05, 0) is 42.0 Å². The summed E-state index contributed by atoms with van der Waals surface area (Å²) in [6.45, 7) is 3.91. The van der Waals surface area contributed by atoms with E-state index in [1.165, 1.54) is 28.6 Å². The smallest absolute Gasteiger partial charge is 0.255 e. The molecule has 0 heterocycles. The largest absolute Gasteiger partial charge is 0.319 e. The van der Waals surface area contributed by atoms with Crippen LogP contribution in [0.2, 0.25) is 0 Å². The van der Waals surface area contributed by atoms with Crippen LogP contribution in [0.25, 0.3) is 0 Å². The van der Waals surface area contributed by atoms with Crippen LogP contribution in [-0.2, 0) is 16.6 Å². The van der Waals surface area contributed by atoms with Crippen LogP contribution >= 0.6 is 0 Å². The van der Waals surface area contributed by atoms with Crippen molar-refractivity contribution in [3.63, 3.8) is 0 Å². The first-order chi connectivity index (χ1) is 14.4. The summed E-state index contributed by atoms with van der Waals surface area (Å²) in [4.78, 5) is 12.6. The average molecular weight is 424 g/mol. The Labute approximate surface area is 175 Å². The van der Waals surface area contributed by atoms with Crippen molar-refractivity contribution in [2.75, 3.05) is 11.9 Å². The second kappa shape index (κ2) is 9.47. The molecule has 0 aliphatic rings. The van der Waals surface area contributed by atoms with Crippen molar-refractivity contribution in [3.8, 4) is 0 Å². The highest BCUT2D eigenvalue weighted by atomic mass is 32.2. The van der Waals surface area contributed by atoms with Crippen LogP contribution in [0.5, 0.6) is 0 Å². The van der Waals surface area contributed by atoms with Crippen molar-refractivity contribution in [2.45, 2.75) is 11.4 Å². The number of carbonyl (C=O) groups excluding carboxylic acids is 1. The third-order valence-electron chi connectivity index (χ3n) is 4.41. The van der Waals surface area contributed by atoms with Crippen molar-refractivity contribution in [2.24, 2.45) is 0 Å². The van der Waals surface area contributed by atoms with E-state index in [1.54, 1.807) is 60.7 Å². The Morgan fingerprint density at radius 3 is 2.23 bits per heavy atom. The maximum absolute atomic E-state index is 13.7. The minimum Gasteiger partial charge on any atom is -0.319 e. The lowest BCUT2D eigenvalue weighted by atomic mass is 10.1. The van der Waals surface area contributed by atoms with E-state index in [2.05, 4.69) is 11.9 Å². The van der Waals surface area contributed by atoms with Crippen LogP contribution in [0.3, 0.4) is 0 Å². The predicted octanol–water partition coefficient (Wildman–Crippen LogP) is 4.45. The zero-order valence-electron chi connectivity index (χ0n) is 16.2. The van der Waals surface area contributed by atoms with Crippen LogP contribution in [-0.4, -0.2) is 25.2 Å². The third-order valence-corrected chi connectivity index (χ3v) is 6.24. The summed E-state index contributed by atoms with van der Waals surface area (Å²) in [6.07, 6.45) is 1.52. The van der Waals surface area contributed by atoms with Gasteiger partial charge in [0.15, 0.2) is 0 Å². The molecule has 0 aliphatic carbocycles. The van der Waals surface area contributed by atoms with Gasteiger partial charge in [0.2, 0.25) is 10.0 Å². The number of benzene rings is 3. The molecule has 0 fully saturated rings. The van der Waals surface area contributed by atoms with Crippen molar-refractivity contribution >= 4 is 21.6 Å². The molecule has 0 bridgehead atoms. The topological polar surface area (TPSA) is 66.5 Å². The van der Waals surface area contributed by atoms with Crippen LogP contribution in [0.1, 0.15) is 15.9 Å². The summed E-state index contributed by atoms with van der Waals surface area (Å²) in [6, 6.07) is 20.6. The van der Waals surface area contributed by atoms with E-state index in [0.717, 1.165) is 0 Å². The van der Waals surface area contributed by atoms with Gasteiger partial charge in [-0.2, -0.15) is 4.31 Å². The lowest BCUT2D eigenvalue weighted by Gasteiger charge is -2.21. The Bertz CT molecular complexity index is 1130. The fourth-order valence-corrected chi connectivity index (χ4v) is 4.28. The average Bonchev–Trinajstić information content (AvgIpc) is 2.76. The number of carbonyl (C=O) groups is 1. The van der Waals surface area contributed by atoms with Gasteiger partial charge >= 0.3 is 0 Å². The molecule has 1 N–H and O–H groups in total. The normalized spacial score (nSPS) is 11.3. The standard InChI is InChI=1S/C23H21FN2O3S/c1-2-16-26(30(28,29)20-8-4-3-5-9-20)17-18-12-14-19(15-13-18)23(27)25-22-11-7-6-10-21(22)24/h2-15H,1,16-17H2,(H,25,27). The molecule has 30 heavy (non-hydrogen) atoms. The molecule has 0 saturated heterocycles. The zero-order valence-corrected chi connectivity index (χ0v) is 17.0. The number of amides is 1. The Balaban J connectivity index is 1.75. The number of nitrogens with one attached hydrogen (secondary N) is 1. The quantitative estimate of drug-likeness (QED) is 0.543. The van der Waals surface area contributed by atoms with Gasteiger partial charge in [0.1, 0.15) is 5.82 Å². The van der Waals surface area contributed by atoms with Crippen molar-refractivity contribution in [1.82, 2.24) is 4.31 Å². The molecule has 3 rings (SSSR count). The molecule has 3 aromatic carbocycles. The molecule has 0 aromatic heterocycles. The molecule has 7 heteroatoms. The lowest BCUT2D eigenvalue weighted by molar-refractivity contribution is 0.102. The molecule has 0 aliphatic heterocycles. The van der Waals surface area contributed by atoms with E-state index in [1.807, 2.05) is 0 Å². The summed E-state index contributed by atoms with van der Waals surface area (Å²) >= 11 is 0. The maximum atomic E-state index is 13.7. The van der Waals surface area contributed by atoms with Crippen molar-refractivity contribution < 1.29 is 17.6 Å². The minimum absolute atomic E-state index is 0.0951. The van der Waals surface area contributed by atoms with Gasteiger partial charge in [-0.3, -0.25) is 4.79 Å². The Morgan fingerprint density at radius 1 is 0.967 bits per heavy atom. The maximum Gasteiger partial charge on any atom is 0.255 e. The van der Waals surface area contributed by atoms with E-state index in [-0.39, 0.29) is 23.7 Å². The molecule has 0 spiro atoms. The molecule has 0 saturated carbocycles. The van der Waals surface area contributed by atoms with Gasteiger partial charge in [-0.15, -0.1) is 6.58 Å². The summed E-state index contributed by atoms with van der Waals surface area (Å²) in [5.74, 6) is -0.972. The van der Waals surface area contributed by atoms with Crippen LogP contribution in [0.15, 0.2) is 96.4 Å². The SMILES string of the molecule is C=CCN(Cc1ccc(C(=O)Nc2ccccc2F)cc1)S(=O)(=O)c1ccccc1. The molecule has 0 unspecified atom stereocenters. The number of halogens is 1. The van der Waals surface area contributed by atoms with Crippen molar-refractivity contribution in [3.05, 3.63) is 108 Å². The highest BCUT2D eigenvalue weighted by molar-refractivity contribution is 7.89. The minimum atomic E-state index is -3.69. The Hall–Kier alpha value is -3.29. The van der Waals surface area contributed by atoms with E-state index >= 15 is 0 Å². The third kappa shape index (κ3) is 5.00. The lowest BCUT2D eigenvalue weighted by Crippen LogP contribution is -2.30. The Kier molecular flexibility index (Phi) is 6.76. The fourth-order valence-electron chi connectivity index (χ4n) is 2.86. The highest BCUT2D eigenvalue weighted by Gasteiger charge is 2.23. The summed E-state index contributed by atoms with van der Waals surface area (Å²) < 4.78 is 40.9. The van der Waals surface area contributed by atoms with E-state index in [0.29, 0.717) is 11.1 Å². The molecule has 0 atom stereocenters. The number of hydrogen-bond acceptors (Lipinski definition) is 3. The van der Waals surface area contributed by atoms with Crippen LogP contribution < -0.4 is 5.32 Å². The van der Waals surface area contributed by atoms with E-state index < -0.39 is 21.7 Å². The number of nitrogens with zero attached hydrogens (tertiary/aromatic N) is 1. The molecule has 1 amide bonds. The van der Waals surface area contributed by atoms with Gasteiger partial charge < -0.3 is 5.32 Å². The first kappa shape index (κ1) is 21.4. The second-order valence-corrected chi connectivity index (χ2v) is 8.47. The molecule has 0 radical (unpaired) electrons. The number of hydrogen-bond donors (Lipinski definition) is 1. The van der Waals surface area contributed by atoms with E-state index in [4.69, 9.17) is 0 Å². The van der Waals surface area contributed by atoms with E-state index in [9.17, 15) is 17.6 Å². The van der Waals surface area contributed by atoms with Crippen molar-refractivity contribution in [1.29, 1.82) is 0 Å². The van der Waals surface area contributed by atoms with Crippen LogP contribution in [0, 0.1) is 5.82 Å². The monoisotopic (exact) mass is 424 g/mol.